The quantitative estimate of drug-likeness (QED) is 0.220. The van der Waals surface area contributed by atoms with Crippen molar-refractivity contribution in [1.82, 2.24) is 24.5 Å². The van der Waals surface area contributed by atoms with E-state index in [9.17, 15) is 4.39 Å². The first-order valence-corrected chi connectivity index (χ1v) is 14.5. The molecule has 43 heavy (non-hydrogen) atoms. The summed E-state index contributed by atoms with van der Waals surface area (Å²) in [6.45, 7) is 8.64. The highest BCUT2D eigenvalue weighted by Gasteiger charge is 2.49. The molecule has 5 heterocycles. The van der Waals surface area contributed by atoms with Gasteiger partial charge in [0.2, 0.25) is 5.88 Å². The second kappa shape index (κ2) is 11.1. The van der Waals surface area contributed by atoms with Crippen LogP contribution in [0.4, 0.5) is 13.2 Å². The molecule has 3 aromatic heterocycles. The van der Waals surface area contributed by atoms with Crippen LogP contribution in [0.15, 0.2) is 24.5 Å². The maximum absolute atomic E-state index is 16.7. The van der Waals surface area contributed by atoms with Gasteiger partial charge in [0.1, 0.15) is 35.5 Å². The maximum atomic E-state index is 16.7. The molecule has 4 aromatic rings. The van der Waals surface area contributed by atoms with Gasteiger partial charge in [0, 0.05) is 25.6 Å². The molecule has 230 valence electrons. The zero-order valence-corrected chi connectivity index (χ0v) is 25.0. The predicted octanol–water partition coefficient (Wildman–Crippen LogP) is 5.90. The normalized spacial score (nSPS) is 20.7. The van der Waals surface area contributed by atoms with Gasteiger partial charge in [0.15, 0.2) is 12.6 Å². The average Bonchev–Trinajstić information content (AvgIpc) is 3.62. The molecule has 0 radical (unpaired) electrons. The Kier molecular flexibility index (Phi) is 7.62. The van der Waals surface area contributed by atoms with Gasteiger partial charge in [-0.2, -0.15) is 15.1 Å². The van der Waals surface area contributed by atoms with Crippen molar-refractivity contribution in [3.05, 3.63) is 41.7 Å². The van der Waals surface area contributed by atoms with Crippen molar-refractivity contribution in [2.45, 2.75) is 70.7 Å². The van der Waals surface area contributed by atoms with E-state index in [1.54, 1.807) is 18.5 Å². The van der Waals surface area contributed by atoms with Crippen LogP contribution in [0.2, 0.25) is 0 Å². The lowest BCUT2D eigenvalue weighted by Crippen LogP contribution is -2.43. The van der Waals surface area contributed by atoms with Gasteiger partial charge in [-0.05, 0) is 64.3 Å². The van der Waals surface area contributed by atoms with Crippen LogP contribution < -0.4 is 14.2 Å². The van der Waals surface area contributed by atoms with Crippen LogP contribution in [0.25, 0.3) is 27.5 Å². The summed E-state index contributed by atoms with van der Waals surface area (Å²) in [6.07, 6.45) is 5.05. The molecule has 0 bridgehead atoms. The highest BCUT2D eigenvalue weighted by Crippen LogP contribution is 2.42. The molecule has 12 heteroatoms. The standard InChI is InChI=1S/C31H36F3N5O4/c1-6-18-13-35-39-15-20(42-17-40-5)10-21(27(18)39)24-23(33)11-22-26(25(24)34)36-29(37-28(22)43-30(2,3)4)41-16-31-8-7-9-38(31)14-19(32)12-31/h10-11,13,15,19H,6-9,12,14,16-17H2,1-5H3/t19-,31+/m1/s1. The minimum Gasteiger partial charge on any atom is -0.471 e. The first-order valence-electron chi connectivity index (χ1n) is 14.5. The van der Waals surface area contributed by atoms with Gasteiger partial charge in [-0.25, -0.2) is 17.7 Å². The van der Waals surface area contributed by atoms with Crippen molar-refractivity contribution >= 4 is 16.4 Å². The summed E-state index contributed by atoms with van der Waals surface area (Å²) < 4.78 is 71.4. The Balaban J connectivity index is 1.50. The number of benzene rings is 1. The molecule has 9 nitrogen and oxygen atoms in total. The molecule has 2 saturated heterocycles. The number of aromatic nitrogens is 4. The van der Waals surface area contributed by atoms with E-state index in [4.69, 9.17) is 18.9 Å². The van der Waals surface area contributed by atoms with Crippen LogP contribution in [-0.2, 0) is 11.2 Å². The number of pyridine rings is 1. The smallest absolute Gasteiger partial charge is 0.320 e. The number of fused-ring (bicyclic) bond motifs is 3. The number of halogens is 3. The van der Waals surface area contributed by atoms with Gasteiger partial charge in [-0.3, -0.25) is 4.90 Å². The maximum Gasteiger partial charge on any atom is 0.320 e. The molecule has 6 rings (SSSR count). The molecule has 2 fully saturated rings. The van der Waals surface area contributed by atoms with Gasteiger partial charge in [0.05, 0.1) is 34.4 Å². The molecule has 2 aliphatic heterocycles. The third-order valence-electron chi connectivity index (χ3n) is 8.12. The van der Waals surface area contributed by atoms with Crippen LogP contribution in [0.5, 0.6) is 17.6 Å². The first-order chi connectivity index (χ1) is 20.5. The fourth-order valence-corrected chi connectivity index (χ4v) is 6.29. The summed E-state index contributed by atoms with van der Waals surface area (Å²) in [7, 11) is 1.48. The van der Waals surface area contributed by atoms with Crippen molar-refractivity contribution in [3.8, 4) is 28.8 Å². The molecule has 0 spiro atoms. The third kappa shape index (κ3) is 5.46. The number of methoxy groups -OCH3 is 1. The fourth-order valence-electron chi connectivity index (χ4n) is 6.29. The molecule has 1 aromatic carbocycles. The Morgan fingerprint density at radius 3 is 2.70 bits per heavy atom. The fraction of sp³-hybridized carbons (Fsp3) is 0.516. The second-order valence-electron chi connectivity index (χ2n) is 12.3. The zero-order chi connectivity index (χ0) is 30.5. The highest BCUT2D eigenvalue weighted by atomic mass is 19.1. The Labute approximate surface area is 247 Å². The summed E-state index contributed by atoms with van der Waals surface area (Å²) in [5.41, 5.74) is -0.0388. The van der Waals surface area contributed by atoms with E-state index >= 15 is 8.78 Å². The molecule has 0 amide bonds. The molecule has 0 saturated carbocycles. The zero-order valence-electron chi connectivity index (χ0n) is 25.0. The van der Waals surface area contributed by atoms with Crippen molar-refractivity contribution in [2.24, 2.45) is 0 Å². The Morgan fingerprint density at radius 1 is 1.14 bits per heavy atom. The van der Waals surface area contributed by atoms with Crippen LogP contribution in [0, 0.1) is 11.6 Å². The number of hydrogen-bond acceptors (Lipinski definition) is 8. The molecule has 2 atom stereocenters. The van der Waals surface area contributed by atoms with Crippen molar-refractivity contribution < 1.29 is 32.1 Å². The lowest BCUT2D eigenvalue weighted by atomic mass is 9.95. The predicted molar refractivity (Wildman–Crippen MR) is 154 cm³/mol. The number of rotatable bonds is 9. The summed E-state index contributed by atoms with van der Waals surface area (Å²) in [5.74, 6) is -1.41. The largest absolute Gasteiger partial charge is 0.471 e. The lowest BCUT2D eigenvalue weighted by molar-refractivity contribution is 0.0508. The van der Waals surface area contributed by atoms with E-state index in [1.165, 1.54) is 17.7 Å². The van der Waals surface area contributed by atoms with Gasteiger partial charge in [0.25, 0.3) is 0 Å². The molecule has 0 unspecified atom stereocenters. The van der Waals surface area contributed by atoms with Gasteiger partial charge in [-0.15, -0.1) is 0 Å². The van der Waals surface area contributed by atoms with Crippen LogP contribution in [0.1, 0.15) is 52.5 Å². The summed E-state index contributed by atoms with van der Waals surface area (Å²) in [5, 5.41) is 4.45. The number of aryl methyl sites for hydroxylation is 1. The van der Waals surface area contributed by atoms with Crippen LogP contribution in [0.3, 0.4) is 0 Å². The molecule has 2 aliphatic rings. The van der Waals surface area contributed by atoms with E-state index < -0.39 is 28.9 Å². The minimum absolute atomic E-state index is 0.00616. The minimum atomic E-state index is -0.929. The van der Waals surface area contributed by atoms with Gasteiger partial charge < -0.3 is 18.9 Å². The third-order valence-corrected chi connectivity index (χ3v) is 8.12. The number of hydrogen-bond donors (Lipinski definition) is 0. The summed E-state index contributed by atoms with van der Waals surface area (Å²) in [4.78, 5) is 11.0. The monoisotopic (exact) mass is 599 g/mol. The SMILES string of the molecule is CCc1cnn2cc(OCOC)cc(-c3c(F)cc4c(OC(C)(C)C)nc(OC[C@@]56CCCN5C[C@H](F)C6)nc4c3F)c12. The van der Waals surface area contributed by atoms with E-state index in [1.807, 2.05) is 27.7 Å². The van der Waals surface area contributed by atoms with Crippen molar-refractivity contribution in [1.29, 1.82) is 0 Å². The van der Waals surface area contributed by atoms with Gasteiger partial charge >= 0.3 is 6.01 Å². The van der Waals surface area contributed by atoms with Crippen LogP contribution >= 0.6 is 0 Å². The Hall–Kier alpha value is -3.64. The van der Waals surface area contributed by atoms with E-state index in [0.717, 1.165) is 24.9 Å². The average molecular weight is 600 g/mol. The van der Waals surface area contributed by atoms with E-state index in [-0.39, 0.29) is 47.3 Å². The van der Waals surface area contributed by atoms with Crippen molar-refractivity contribution in [3.63, 3.8) is 0 Å². The summed E-state index contributed by atoms with van der Waals surface area (Å²) >= 11 is 0. The molecule has 0 N–H and O–H groups in total. The number of alkyl halides is 1. The first kappa shape index (κ1) is 29.4. The van der Waals surface area contributed by atoms with E-state index in [2.05, 4.69) is 20.0 Å². The molecular formula is C31H36F3N5O4. The van der Waals surface area contributed by atoms with Crippen LogP contribution in [-0.4, -0.2) is 75.4 Å². The van der Waals surface area contributed by atoms with E-state index in [0.29, 0.717) is 30.7 Å². The molecule has 0 aliphatic carbocycles. The summed E-state index contributed by atoms with van der Waals surface area (Å²) in [6, 6.07) is 2.63. The van der Waals surface area contributed by atoms with Gasteiger partial charge in [-0.1, -0.05) is 6.92 Å². The van der Waals surface area contributed by atoms with Crippen molar-refractivity contribution in [2.75, 3.05) is 33.6 Å². The lowest BCUT2D eigenvalue weighted by Gasteiger charge is -2.31. The topological polar surface area (TPSA) is 83.2 Å². The Morgan fingerprint density at radius 2 is 1.95 bits per heavy atom. The molecular weight excluding hydrogens is 563 g/mol. The Bertz CT molecular complexity index is 1670. The highest BCUT2D eigenvalue weighted by molar-refractivity contribution is 5.93. The number of ether oxygens (including phenoxy) is 4. The number of nitrogens with zero attached hydrogens (tertiary/aromatic N) is 5. The second-order valence-corrected chi connectivity index (χ2v) is 12.3.